The normalized spacial score (nSPS) is 19.9. The van der Waals surface area contributed by atoms with E-state index in [1.807, 2.05) is 26.0 Å². The van der Waals surface area contributed by atoms with Crippen LogP contribution in [-0.2, 0) is 6.42 Å². The van der Waals surface area contributed by atoms with Crippen LogP contribution >= 0.6 is 0 Å². The van der Waals surface area contributed by atoms with E-state index in [2.05, 4.69) is 47.3 Å². The van der Waals surface area contributed by atoms with Crippen LogP contribution in [0, 0.1) is 19.8 Å². The smallest absolute Gasteiger partial charge is 0.131 e. The average molecular weight is 411 g/mol. The van der Waals surface area contributed by atoms with Crippen molar-refractivity contribution >= 4 is 0 Å². The molecule has 0 aromatic heterocycles. The molecule has 2 rings (SSSR count). The molecule has 1 aliphatic heterocycles. The molecule has 2 heteroatoms. The fraction of sp³-hybridized carbons (Fsp3) is 0.571. The number of benzene rings is 1. The van der Waals surface area contributed by atoms with Crippen molar-refractivity contribution in [3.05, 3.63) is 58.2 Å². The number of fused-ring (bicyclic) bond motifs is 1. The molecule has 0 spiro atoms. The Hall–Kier alpha value is -1.96. The van der Waals surface area contributed by atoms with Gasteiger partial charge in [0.2, 0.25) is 0 Å². The van der Waals surface area contributed by atoms with Crippen molar-refractivity contribution in [1.29, 1.82) is 0 Å². The molecular formula is C28H42O2. The number of hydrogen-bond donors (Lipinski definition) is 1. The molecule has 0 saturated carbocycles. The van der Waals surface area contributed by atoms with Crippen LogP contribution in [0.15, 0.2) is 41.5 Å². The molecule has 0 saturated heterocycles. The Morgan fingerprint density at radius 2 is 1.97 bits per heavy atom. The van der Waals surface area contributed by atoms with Crippen LogP contribution in [0.3, 0.4) is 0 Å². The molecule has 0 fully saturated rings. The van der Waals surface area contributed by atoms with Crippen LogP contribution in [0.1, 0.15) is 89.8 Å². The van der Waals surface area contributed by atoms with E-state index in [0.29, 0.717) is 5.75 Å². The minimum atomic E-state index is -0.372. The molecule has 1 aromatic rings. The average Bonchev–Trinajstić information content (AvgIpc) is 2.66. The summed E-state index contributed by atoms with van der Waals surface area (Å²) in [6.07, 6.45) is 12.1. The topological polar surface area (TPSA) is 29.5 Å². The zero-order chi connectivity index (χ0) is 22.5. The summed E-state index contributed by atoms with van der Waals surface area (Å²) >= 11 is 0. The maximum atomic E-state index is 10.2. The van der Waals surface area contributed by atoms with E-state index in [-0.39, 0.29) is 5.60 Å². The Morgan fingerprint density at radius 1 is 1.27 bits per heavy atom. The van der Waals surface area contributed by atoms with Crippen molar-refractivity contribution in [2.75, 3.05) is 0 Å². The lowest BCUT2D eigenvalue weighted by Crippen LogP contribution is -2.39. The molecule has 0 amide bonds. The third-order valence-electron chi connectivity index (χ3n) is 6.60. The summed E-state index contributed by atoms with van der Waals surface area (Å²) < 4.78 is 6.61. The van der Waals surface area contributed by atoms with Crippen molar-refractivity contribution in [1.82, 2.24) is 0 Å². The zero-order valence-corrected chi connectivity index (χ0v) is 20.3. The summed E-state index contributed by atoms with van der Waals surface area (Å²) in [7, 11) is 0. The van der Waals surface area contributed by atoms with Gasteiger partial charge in [-0.3, -0.25) is 0 Å². The Labute approximate surface area is 184 Å². The van der Waals surface area contributed by atoms with Crippen LogP contribution in [0.2, 0.25) is 0 Å². The lowest BCUT2D eigenvalue weighted by molar-refractivity contribution is 0.103. The molecule has 2 nitrogen and oxygen atoms in total. The monoisotopic (exact) mass is 410 g/mol. The molecule has 1 heterocycles. The number of phenolic OH excluding ortho intramolecular Hbond substituents is 1. The molecule has 1 aromatic carbocycles. The van der Waals surface area contributed by atoms with E-state index in [1.165, 1.54) is 36.0 Å². The maximum absolute atomic E-state index is 10.2. The van der Waals surface area contributed by atoms with E-state index in [9.17, 15) is 5.11 Å². The molecule has 1 N–H and O–H groups in total. The highest BCUT2D eigenvalue weighted by atomic mass is 16.5. The van der Waals surface area contributed by atoms with Crippen LogP contribution < -0.4 is 4.74 Å². The number of aromatic hydroxyl groups is 1. The number of hydrogen-bond acceptors (Lipinski definition) is 2. The van der Waals surface area contributed by atoms with E-state index in [1.54, 1.807) is 0 Å². The van der Waals surface area contributed by atoms with Crippen LogP contribution in [0.4, 0.5) is 0 Å². The number of allylic oxidation sites excluding steroid dienone is 3. The number of ether oxygens (including phenoxy) is 1. The molecule has 1 atom stereocenters. The van der Waals surface area contributed by atoms with Gasteiger partial charge in [-0.1, -0.05) is 50.1 Å². The SMILES string of the molecule is C=CC(=C(C)CCC=C(C)CCCC(C)C)C1(C)CCc2c(C)c(O)cc(C)c2O1. The third kappa shape index (κ3) is 5.80. The van der Waals surface area contributed by atoms with Crippen LogP contribution in [-0.4, -0.2) is 10.7 Å². The molecule has 0 bridgehead atoms. The Bertz CT molecular complexity index is 826. The van der Waals surface area contributed by atoms with Gasteiger partial charge in [0.05, 0.1) is 0 Å². The summed E-state index contributed by atoms with van der Waals surface area (Å²) in [4.78, 5) is 0. The van der Waals surface area contributed by atoms with Crippen molar-refractivity contribution in [3.8, 4) is 11.5 Å². The van der Waals surface area contributed by atoms with Gasteiger partial charge in [-0.05, 0) is 102 Å². The van der Waals surface area contributed by atoms with Crippen molar-refractivity contribution in [2.45, 2.75) is 99.0 Å². The molecule has 166 valence electrons. The third-order valence-corrected chi connectivity index (χ3v) is 6.60. The Morgan fingerprint density at radius 3 is 2.60 bits per heavy atom. The maximum Gasteiger partial charge on any atom is 0.131 e. The van der Waals surface area contributed by atoms with Crippen LogP contribution in [0.5, 0.6) is 11.5 Å². The van der Waals surface area contributed by atoms with Gasteiger partial charge in [0, 0.05) is 5.56 Å². The molecule has 0 radical (unpaired) electrons. The summed E-state index contributed by atoms with van der Waals surface area (Å²) in [6.45, 7) is 19.4. The fourth-order valence-corrected chi connectivity index (χ4v) is 4.62. The second-order valence-electron chi connectivity index (χ2n) is 9.75. The lowest BCUT2D eigenvalue weighted by Gasteiger charge is -2.39. The van der Waals surface area contributed by atoms with Crippen molar-refractivity contribution in [3.63, 3.8) is 0 Å². The van der Waals surface area contributed by atoms with E-state index in [0.717, 1.165) is 54.0 Å². The molecule has 0 aliphatic carbocycles. The highest BCUT2D eigenvalue weighted by molar-refractivity contribution is 5.54. The lowest BCUT2D eigenvalue weighted by atomic mass is 9.81. The number of aryl methyl sites for hydroxylation is 1. The first-order valence-electron chi connectivity index (χ1n) is 11.6. The minimum absolute atomic E-state index is 0.365. The first-order valence-corrected chi connectivity index (χ1v) is 11.6. The largest absolute Gasteiger partial charge is 0.508 e. The first-order chi connectivity index (χ1) is 14.1. The molecule has 1 unspecified atom stereocenters. The van der Waals surface area contributed by atoms with E-state index >= 15 is 0 Å². The number of phenols is 1. The van der Waals surface area contributed by atoms with Gasteiger partial charge in [0.15, 0.2) is 0 Å². The van der Waals surface area contributed by atoms with Gasteiger partial charge >= 0.3 is 0 Å². The molecule has 30 heavy (non-hydrogen) atoms. The van der Waals surface area contributed by atoms with Gasteiger partial charge in [-0.2, -0.15) is 0 Å². The Balaban J connectivity index is 2.13. The van der Waals surface area contributed by atoms with Gasteiger partial charge in [-0.25, -0.2) is 0 Å². The second-order valence-corrected chi connectivity index (χ2v) is 9.75. The molecular weight excluding hydrogens is 368 g/mol. The fourth-order valence-electron chi connectivity index (χ4n) is 4.62. The summed E-state index contributed by atoms with van der Waals surface area (Å²) in [6, 6.07) is 1.82. The van der Waals surface area contributed by atoms with Gasteiger partial charge < -0.3 is 9.84 Å². The van der Waals surface area contributed by atoms with E-state index in [4.69, 9.17) is 4.74 Å². The van der Waals surface area contributed by atoms with Gasteiger partial charge in [0.25, 0.3) is 0 Å². The standard InChI is InChI=1S/C28H42O2/c1-9-25(21(5)15-11-14-20(4)13-10-12-19(2)3)28(8)17-16-24-23(7)26(29)18-22(6)27(24)30-28/h9,14,18-19,29H,1,10-13,15-17H2,2-8H3. The van der Waals surface area contributed by atoms with Crippen LogP contribution in [0.25, 0.3) is 0 Å². The summed E-state index contributed by atoms with van der Waals surface area (Å²) in [5, 5.41) is 10.2. The van der Waals surface area contributed by atoms with E-state index < -0.39 is 0 Å². The van der Waals surface area contributed by atoms with Gasteiger partial charge in [-0.15, -0.1) is 0 Å². The number of rotatable bonds is 9. The van der Waals surface area contributed by atoms with Crippen molar-refractivity contribution in [2.24, 2.45) is 5.92 Å². The minimum Gasteiger partial charge on any atom is -0.508 e. The summed E-state index contributed by atoms with van der Waals surface area (Å²) in [5.41, 5.74) is 6.79. The predicted molar refractivity (Wildman–Crippen MR) is 130 cm³/mol. The first kappa shape index (κ1) is 24.3. The molecule has 1 aliphatic rings. The zero-order valence-electron chi connectivity index (χ0n) is 20.3. The Kier molecular flexibility index (Phi) is 8.41. The second kappa shape index (κ2) is 10.4. The highest BCUT2D eigenvalue weighted by Crippen LogP contribution is 2.44. The van der Waals surface area contributed by atoms with Crippen molar-refractivity contribution < 1.29 is 9.84 Å². The predicted octanol–water partition coefficient (Wildman–Crippen LogP) is 8.15. The summed E-state index contributed by atoms with van der Waals surface area (Å²) in [5.74, 6) is 2.09. The highest BCUT2D eigenvalue weighted by Gasteiger charge is 2.36. The van der Waals surface area contributed by atoms with Gasteiger partial charge in [0.1, 0.15) is 17.1 Å². The quantitative estimate of drug-likeness (QED) is 0.329.